The molecule has 0 amide bonds. The van der Waals surface area contributed by atoms with Crippen molar-refractivity contribution in [1.29, 1.82) is 0 Å². The lowest BCUT2D eigenvalue weighted by atomic mass is 10.1. The normalized spacial score (nSPS) is 27.6. The highest BCUT2D eigenvalue weighted by atomic mass is 32.2. The smallest absolute Gasteiger partial charge is 0.320 e. The number of aliphatic hydroxyl groups is 2. The second-order valence-corrected chi connectivity index (χ2v) is 6.83. The van der Waals surface area contributed by atoms with Crippen LogP contribution in [0.3, 0.4) is 0 Å². The van der Waals surface area contributed by atoms with Gasteiger partial charge in [0.05, 0.1) is 11.8 Å². The predicted molar refractivity (Wildman–Crippen MR) is 86.2 cm³/mol. The lowest BCUT2D eigenvalue weighted by molar-refractivity contribution is -0.544. The number of aromatic nitrogens is 3. The van der Waals surface area contributed by atoms with Crippen LogP contribution in [-0.4, -0.2) is 60.5 Å². The fraction of sp³-hybridized carbons (Fsp3) is 0.467. The molecule has 2 aliphatic rings. The maximum atomic E-state index is 10.2. The van der Waals surface area contributed by atoms with Crippen LogP contribution in [0.5, 0.6) is 0 Å². The minimum absolute atomic E-state index is 0.485. The molecular formula is C15H16N5O4S+. The molecule has 9 nitrogen and oxygen atoms in total. The van der Waals surface area contributed by atoms with Crippen LogP contribution in [0, 0.1) is 6.92 Å². The Hall–Kier alpha value is -2.10. The summed E-state index contributed by atoms with van der Waals surface area (Å²) in [6, 6.07) is 4.65. The zero-order chi connectivity index (χ0) is 17.6. The third-order valence-corrected chi connectivity index (χ3v) is 5.04. The van der Waals surface area contributed by atoms with Crippen LogP contribution in [0.2, 0.25) is 0 Å². The molecule has 10 heteroatoms. The first-order valence-electron chi connectivity index (χ1n) is 7.72. The van der Waals surface area contributed by atoms with E-state index in [1.54, 1.807) is 6.92 Å². The van der Waals surface area contributed by atoms with Gasteiger partial charge in [-0.1, -0.05) is 21.9 Å². The SMILES string of the molecule is Cc1cc(CSc2ncnc3c2N=C=[N+]3[C@@H]2O[C@H](C)[C@@H](O)[C@H]2O)no1. The Balaban J connectivity index is 1.56. The average molecular weight is 362 g/mol. The molecule has 2 N–H and O–H groups in total. The van der Waals surface area contributed by atoms with Crippen LogP contribution in [-0.2, 0) is 10.5 Å². The number of aryl methyl sites for hydroxylation is 1. The summed E-state index contributed by atoms with van der Waals surface area (Å²) in [4.78, 5) is 12.7. The Morgan fingerprint density at radius 3 is 2.84 bits per heavy atom. The molecule has 2 aromatic rings. The van der Waals surface area contributed by atoms with Crippen molar-refractivity contribution in [2.45, 2.75) is 49.2 Å². The van der Waals surface area contributed by atoms with Gasteiger partial charge in [-0.05, 0) is 18.8 Å². The third kappa shape index (κ3) is 2.88. The molecule has 1 saturated heterocycles. The Morgan fingerprint density at radius 1 is 1.32 bits per heavy atom. The number of hydrogen-bond acceptors (Lipinski definition) is 9. The Bertz CT molecular complexity index is 879. The standard InChI is InChI=1S/C15H16N5O4S/c1-7-3-9(19-24-7)4-25-14-10-13(16-5-17-14)20(6-18-10)15-12(22)11(21)8(2)23-15/h3,5,8,11-12,15,21-22H,4H2,1-2H3/q+1/t8-,11-,12-,15-/m1/s1. The fourth-order valence-electron chi connectivity index (χ4n) is 2.73. The highest BCUT2D eigenvalue weighted by molar-refractivity contribution is 7.98. The van der Waals surface area contributed by atoms with Crippen molar-refractivity contribution in [3.63, 3.8) is 0 Å². The minimum atomic E-state index is -1.08. The molecule has 0 aromatic carbocycles. The van der Waals surface area contributed by atoms with Crippen molar-refractivity contribution in [2.24, 2.45) is 4.99 Å². The quantitative estimate of drug-likeness (QED) is 0.470. The number of rotatable bonds is 4. The third-order valence-electron chi connectivity index (χ3n) is 4.03. The molecule has 0 radical (unpaired) electrons. The van der Waals surface area contributed by atoms with E-state index >= 15 is 0 Å². The van der Waals surface area contributed by atoms with Crippen LogP contribution < -0.4 is 0 Å². The predicted octanol–water partition coefficient (Wildman–Crippen LogP) is 0.995. The number of thioether (sulfide) groups is 1. The van der Waals surface area contributed by atoms with Crippen molar-refractivity contribution < 1.29 is 24.0 Å². The molecule has 2 aliphatic heterocycles. The van der Waals surface area contributed by atoms with E-state index in [1.807, 2.05) is 13.0 Å². The second kappa shape index (κ2) is 6.32. The van der Waals surface area contributed by atoms with E-state index in [0.717, 1.165) is 11.5 Å². The molecule has 4 atom stereocenters. The van der Waals surface area contributed by atoms with E-state index in [-0.39, 0.29) is 0 Å². The van der Waals surface area contributed by atoms with Gasteiger partial charge in [0, 0.05) is 11.8 Å². The Kier molecular flexibility index (Phi) is 4.14. The second-order valence-electron chi connectivity index (χ2n) is 5.86. The number of nitrogens with zero attached hydrogens (tertiary/aromatic N) is 5. The summed E-state index contributed by atoms with van der Waals surface area (Å²) in [5.41, 5.74) is 1.36. The van der Waals surface area contributed by atoms with Crippen LogP contribution in [0.15, 0.2) is 26.9 Å². The van der Waals surface area contributed by atoms with Gasteiger partial charge >= 0.3 is 5.82 Å². The molecule has 0 aliphatic carbocycles. The van der Waals surface area contributed by atoms with E-state index in [1.165, 1.54) is 22.7 Å². The summed E-state index contributed by atoms with van der Waals surface area (Å²) in [5, 5.41) is 24.7. The zero-order valence-corrected chi connectivity index (χ0v) is 14.3. The van der Waals surface area contributed by atoms with Crippen molar-refractivity contribution in [3.05, 3.63) is 23.8 Å². The highest BCUT2D eigenvalue weighted by Gasteiger charge is 2.47. The zero-order valence-electron chi connectivity index (χ0n) is 13.5. The Labute approximate surface area is 147 Å². The Morgan fingerprint density at radius 2 is 2.16 bits per heavy atom. The van der Waals surface area contributed by atoms with Crippen LogP contribution in [0.4, 0.5) is 11.5 Å². The number of hydrogen-bond donors (Lipinski definition) is 2. The molecule has 1 fully saturated rings. The largest absolute Gasteiger partial charge is 0.387 e. The summed E-state index contributed by atoms with van der Waals surface area (Å²) in [6.07, 6.45) is -1.90. The van der Waals surface area contributed by atoms with Crippen LogP contribution in [0.1, 0.15) is 18.4 Å². The maximum absolute atomic E-state index is 10.2. The lowest BCUT2D eigenvalue weighted by Gasteiger charge is -2.13. The highest BCUT2D eigenvalue weighted by Crippen LogP contribution is 2.39. The first-order chi connectivity index (χ1) is 12.0. The van der Waals surface area contributed by atoms with Crippen molar-refractivity contribution in [1.82, 2.24) is 15.1 Å². The molecule has 4 heterocycles. The van der Waals surface area contributed by atoms with E-state index < -0.39 is 24.5 Å². The first-order valence-corrected chi connectivity index (χ1v) is 8.70. The maximum Gasteiger partial charge on any atom is 0.320 e. The number of aliphatic imine (C=N–C) groups is 1. The fourth-order valence-corrected chi connectivity index (χ4v) is 3.55. The average Bonchev–Trinajstić information content (AvgIpc) is 3.28. The molecule has 4 rings (SSSR count). The summed E-state index contributed by atoms with van der Waals surface area (Å²) in [7, 11) is 0. The number of aliphatic hydroxyl groups excluding tert-OH is 2. The van der Waals surface area contributed by atoms with Crippen LogP contribution >= 0.6 is 11.8 Å². The van der Waals surface area contributed by atoms with Crippen molar-refractivity contribution in [3.8, 4) is 0 Å². The van der Waals surface area contributed by atoms with Gasteiger partial charge in [-0.2, -0.15) is 4.58 Å². The van der Waals surface area contributed by atoms with Gasteiger partial charge in [-0.25, -0.2) is 4.98 Å². The lowest BCUT2D eigenvalue weighted by Crippen LogP contribution is -2.36. The van der Waals surface area contributed by atoms with Gasteiger partial charge in [0.1, 0.15) is 18.0 Å². The van der Waals surface area contributed by atoms with Crippen LogP contribution in [0.25, 0.3) is 0 Å². The van der Waals surface area contributed by atoms with Gasteiger partial charge < -0.3 is 19.5 Å². The van der Waals surface area contributed by atoms with E-state index in [0.29, 0.717) is 22.3 Å². The van der Waals surface area contributed by atoms with Gasteiger partial charge in [-0.15, -0.1) is 0 Å². The number of fused-ring (bicyclic) bond motifs is 1. The summed E-state index contributed by atoms with van der Waals surface area (Å²) in [6.45, 7) is 3.53. The van der Waals surface area contributed by atoms with Crippen molar-refractivity contribution in [2.75, 3.05) is 0 Å². The molecule has 25 heavy (non-hydrogen) atoms. The topological polar surface area (TPSA) is 117 Å². The summed E-state index contributed by atoms with van der Waals surface area (Å²) < 4.78 is 12.2. The monoisotopic (exact) mass is 362 g/mol. The van der Waals surface area contributed by atoms with Gasteiger partial charge in [0.15, 0.2) is 11.4 Å². The molecule has 0 unspecified atom stereocenters. The van der Waals surface area contributed by atoms with Crippen molar-refractivity contribution >= 4 is 29.3 Å². The van der Waals surface area contributed by atoms with Gasteiger partial charge in [0.2, 0.25) is 12.2 Å². The molecule has 2 aromatic heterocycles. The molecule has 0 bridgehead atoms. The van der Waals surface area contributed by atoms with Gasteiger partial charge in [0.25, 0.3) is 5.69 Å². The molecule has 130 valence electrons. The summed E-state index contributed by atoms with van der Waals surface area (Å²) >= 11 is 1.45. The molecular weight excluding hydrogens is 346 g/mol. The first kappa shape index (κ1) is 16.4. The van der Waals surface area contributed by atoms with E-state index in [9.17, 15) is 10.2 Å². The van der Waals surface area contributed by atoms with E-state index in [2.05, 4.69) is 26.1 Å². The summed E-state index contributed by atoms with van der Waals surface area (Å²) in [5.74, 6) is 1.81. The van der Waals surface area contributed by atoms with Gasteiger partial charge in [-0.3, -0.25) is 0 Å². The van der Waals surface area contributed by atoms with E-state index in [4.69, 9.17) is 9.26 Å². The molecule has 0 spiro atoms. The minimum Gasteiger partial charge on any atom is -0.387 e. The number of ether oxygens (including phenoxy) is 1. The molecule has 0 saturated carbocycles.